The molecule has 1 heterocycles. The minimum atomic E-state index is -4.72. The van der Waals surface area contributed by atoms with Crippen molar-refractivity contribution in [2.45, 2.75) is 44.8 Å². The zero-order valence-electron chi connectivity index (χ0n) is 15.1. The molecule has 144 valence electrons. The summed E-state index contributed by atoms with van der Waals surface area (Å²) >= 11 is 6.01. The molecule has 4 nitrogen and oxygen atoms in total. The van der Waals surface area contributed by atoms with Gasteiger partial charge in [-0.3, -0.25) is 9.80 Å². The second-order valence-corrected chi connectivity index (χ2v) is 7.46. The van der Waals surface area contributed by atoms with Crippen LogP contribution in [0, 0.1) is 11.8 Å². The third-order valence-electron chi connectivity index (χ3n) is 4.34. The molecule has 0 aromatic heterocycles. The molecule has 0 aliphatic carbocycles. The number of amides is 1. The standard InChI is InChI=1S/C18H23ClF3N3O/c1-10(2)9-11(3)12-7-5-6-8-13(12)23-17(26)14-15(18(20,21)22)24-25(4)16(14)19/h5-8,10-11,14,16H,9H2,1-4H3,(H,23,26). The highest BCUT2D eigenvalue weighted by molar-refractivity contribution is 6.27. The molecule has 1 aromatic rings. The fraction of sp³-hybridized carbons (Fsp3) is 0.556. The number of hydrogen-bond acceptors (Lipinski definition) is 3. The Kier molecular flexibility index (Phi) is 6.21. The summed E-state index contributed by atoms with van der Waals surface area (Å²) in [7, 11) is 1.31. The van der Waals surface area contributed by atoms with Gasteiger partial charge < -0.3 is 5.32 Å². The van der Waals surface area contributed by atoms with Gasteiger partial charge in [0.15, 0.2) is 5.71 Å². The Labute approximate surface area is 156 Å². The van der Waals surface area contributed by atoms with Crippen molar-refractivity contribution < 1.29 is 18.0 Å². The number of anilines is 1. The third kappa shape index (κ3) is 4.50. The van der Waals surface area contributed by atoms with Gasteiger partial charge >= 0.3 is 6.18 Å². The lowest BCUT2D eigenvalue weighted by Crippen LogP contribution is -2.41. The van der Waals surface area contributed by atoms with Crippen molar-refractivity contribution >= 4 is 28.9 Å². The molecule has 0 spiro atoms. The van der Waals surface area contributed by atoms with Gasteiger partial charge in [-0.25, -0.2) is 0 Å². The summed E-state index contributed by atoms with van der Waals surface area (Å²) in [5.74, 6) is -1.79. The van der Waals surface area contributed by atoms with Crippen molar-refractivity contribution in [2.75, 3.05) is 12.4 Å². The normalized spacial score (nSPS) is 21.7. The van der Waals surface area contributed by atoms with Gasteiger partial charge in [0, 0.05) is 12.7 Å². The lowest BCUT2D eigenvalue weighted by molar-refractivity contribution is -0.119. The zero-order valence-corrected chi connectivity index (χ0v) is 15.9. The van der Waals surface area contributed by atoms with Crippen molar-refractivity contribution in [2.24, 2.45) is 16.9 Å². The van der Waals surface area contributed by atoms with E-state index in [1.54, 1.807) is 12.1 Å². The van der Waals surface area contributed by atoms with Crippen LogP contribution < -0.4 is 5.32 Å². The maximum atomic E-state index is 13.2. The fourth-order valence-corrected chi connectivity index (χ4v) is 3.48. The van der Waals surface area contributed by atoms with Crippen LogP contribution in [0.4, 0.5) is 18.9 Å². The summed E-state index contributed by atoms with van der Waals surface area (Å²) < 4.78 is 39.6. The maximum Gasteiger partial charge on any atom is 0.432 e. The van der Waals surface area contributed by atoms with Crippen molar-refractivity contribution in [3.63, 3.8) is 0 Å². The molecule has 1 aliphatic rings. The lowest BCUT2D eigenvalue weighted by Gasteiger charge is -2.22. The summed E-state index contributed by atoms with van der Waals surface area (Å²) in [4.78, 5) is 12.6. The number of alkyl halides is 4. The number of nitrogens with zero attached hydrogens (tertiary/aromatic N) is 2. The molecule has 0 bridgehead atoms. The maximum absolute atomic E-state index is 13.2. The molecule has 1 amide bonds. The minimum Gasteiger partial charge on any atom is -0.325 e. The van der Waals surface area contributed by atoms with Gasteiger partial charge in [0.25, 0.3) is 0 Å². The van der Waals surface area contributed by atoms with Gasteiger partial charge in [-0.15, -0.1) is 0 Å². The highest BCUT2D eigenvalue weighted by atomic mass is 35.5. The number of halogens is 4. The first-order valence-corrected chi connectivity index (χ1v) is 8.88. The molecular formula is C18H23ClF3N3O. The molecule has 3 atom stereocenters. The van der Waals surface area contributed by atoms with Crippen LogP contribution in [0.1, 0.15) is 38.7 Å². The zero-order chi connectivity index (χ0) is 19.6. The van der Waals surface area contributed by atoms with Crippen LogP contribution in [0.25, 0.3) is 0 Å². The van der Waals surface area contributed by atoms with Gasteiger partial charge in [-0.05, 0) is 29.9 Å². The first-order valence-electron chi connectivity index (χ1n) is 8.44. The van der Waals surface area contributed by atoms with Crippen LogP contribution in [-0.4, -0.2) is 35.4 Å². The average molecular weight is 390 g/mol. The average Bonchev–Trinajstić information content (AvgIpc) is 2.83. The molecule has 0 radical (unpaired) electrons. The van der Waals surface area contributed by atoms with E-state index >= 15 is 0 Å². The molecule has 0 saturated carbocycles. The summed E-state index contributed by atoms with van der Waals surface area (Å²) in [5, 5.41) is 7.00. The molecule has 0 saturated heterocycles. The monoisotopic (exact) mass is 389 g/mol. The highest BCUT2D eigenvalue weighted by Gasteiger charge is 2.52. The Morgan fingerprint density at radius 3 is 2.50 bits per heavy atom. The van der Waals surface area contributed by atoms with Crippen LogP contribution >= 0.6 is 11.6 Å². The van der Waals surface area contributed by atoms with E-state index in [4.69, 9.17) is 11.6 Å². The number of rotatable bonds is 5. The second-order valence-electron chi connectivity index (χ2n) is 7.01. The number of nitrogens with one attached hydrogen (secondary N) is 1. The van der Waals surface area contributed by atoms with Crippen LogP contribution in [0.3, 0.4) is 0 Å². The van der Waals surface area contributed by atoms with E-state index in [0.29, 0.717) is 11.6 Å². The summed E-state index contributed by atoms with van der Waals surface area (Å²) in [6.07, 6.45) is -3.82. The van der Waals surface area contributed by atoms with E-state index in [2.05, 4.69) is 24.3 Å². The SMILES string of the molecule is CC(C)CC(C)c1ccccc1NC(=O)C1C(C(F)(F)F)=NN(C)C1Cl. The van der Waals surface area contributed by atoms with E-state index < -0.39 is 29.2 Å². The largest absolute Gasteiger partial charge is 0.432 e. The quantitative estimate of drug-likeness (QED) is 0.579. The number of para-hydroxylation sites is 1. The number of carbonyl (C=O) groups is 1. The molecule has 1 aliphatic heterocycles. The van der Waals surface area contributed by atoms with Gasteiger partial charge in [0.05, 0.1) is 0 Å². The van der Waals surface area contributed by atoms with E-state index in [0.717, 1.165) is 17.0 Å². The Bertz CT molecular complexity index is 691. The number of hydrazone groups is 1. The summed E-state index contributed by atoms with van der Waals surface area (Å²) in [5.41, 5.74) is -0.972. The predicted molar refractivity (Wildman–Crippen MR) is 97.3 cm³/mol. The third-order valence-corrected chi connectivity index (χ3v) is 4.87. The highest BCUT2D eigenvalue weighted by Crippen LogP contribution is 2.35. The van der Waals surface area contributed by atoms with Gasteiger partial charge in [0.1, 0.15) is 11.4 Å². The molecule has 1 aromatic carbocycles. The van der Waals surface area contributed by atoms with Crippen LogP contribution in [-0.2, 0) is 4.79 Å². The van der Waals surface area contributed by atoms with Crippen molar-refractivity contribution in [1.29, 1.82) is 0 Å². The van der Waals surface area contributed by atoms with Crippen molar-refractivity contribution in [3.05, 3.63) is 29.8 Å². The lowest BCUT2D eigenvalue weighted by atomic mass is 9.90. The van der Waals surface area contributed by atoms with Crippen molar-refractivity contribution in [3.8, 4) is 0 Å². The number of hydrogen-bond donors (Lipinski definition) is 1. The summed E-state index contributed by atoms with van der Waals surface area (Å²) in [6, 6.07) is 7.15. The molecule has 8 heteroatoms. The predicted octanol–water partition coefficient (Wildman–Crippen LogP) is 4.82. The van der Waals surface area contributed by atoms with E-state index in [9.17, 15) is 18.0 Å². The van der Waals surface area contributed by atoms with Crippen molar-refractivity contribution in [1.82, 2.24) is 5.01 Å². The number of carbonyl (C=O) groups excluding carboxylic acids is 1. The second kappa shape index (κ2) is 7.86. The molecule has 2 rings (SSSR count). The smallest absolute Gasteiger partial charge is 0.325 e. The fourth-order valence-electron chi connectivity index (χ4n) is 3.20. The van der Waals surface area contributed by atoms with E-state index in [-0.39, 0.29) is 5.92 Å². The Morgan fingerprint density at radius 2 is 1.92 bits per heavy atom. The van der Waals surface area contributed by atoms with Crippen LogP contribution in [0.2, 0.25) is 0 Å². The molecule has 3 unspecified atom stereocenters. The van der Waals surface area contributed by atoms with Gasteiger partial charge in [0.2, 0.25) is 5.91 Å². The topological polar surface area (TPSA) is 44.7 Å². The Morgan fingerprint density at radius 1 is 1.31 bits per heavy atom. The molecular weight excluding hydrogens is 367 g/mol. The summed E-state index contributed by atoms with van der Waals surface area (Å²) in [6.45, 7) is 6.22. The van der Waals surface area contributed by atoms with Gasteiger partial charge in [-0.2, -0.15) is 18.3 Å². The Hall–Kier alpha value is -1.76. The van der Waals surface area contributed by atoms with Crippen LogP contribution in [0.5, 0.6) is 0 Å². The van der Waals surface area contributed by atoms with E-state index in [1.165, 1.54) is 7.05 Å². The molecule has 0 fully saturated rings. The molecule has 1 N–H and O–H groups in total. The van der Waals surface area contributed by atoms with Crippen LogP contribution in [0.15, 0.2) is 29.4 Å². The number of benzene rings is 1. The first kappa shape index (κ1) is 20.6. The molecule has 26 heavy (non-hydrogen) atoms. The Balaban J connectivity index is 2.26. The van der Waals surface area contributed by atoms with E-state index in [1.807, 2.05) is 19.1 Å². The van der Waals surface area contributed by atoms with Gasteiger partial charge in [-0.1, -0.05) is 50.6 Å². The first-order chi connectivity index (χ1) is 12.0. The minimum absolute atomic E-state index is 0.153.